The molecule has 0 atom stereocenters. The lowest BCUT2D eigenvalue weighted by Gasteiger charge is -2.29. The van der Waals surface area contributed by atoms with E-state index >= 15 is 0 Å². The summed E-state index contributed by atoms with van der Waals surface area (Å²) in [5.41, 5.74) is 8.60. The zero-order chi connectivity index (χ0) is 15.4. The summed E-state index contributed by atoms with van der Waals surface area (Å²) >= 11 is 0. The molecule has 6 heteroatoms. The van der Waals surface area contributed by atoms with E-state index in [1.807, 2.05) is 11.0 Å². The highest BCUT2D eigenvalue weighted by atomic mass is 127. The Morgan fingerprint density at radius 3 is 2.48 bits per heavy atom. The molecule has 0 aromatic heterocycles. The maximum absolute atomic E-state index is 12.3. The molecule has 1 amide bonds. The average Bonchev–Trinajstić information content (AvgIpc) is 2.59. The van der Waals surface area contributed by atoms with Crippen LogP contribution in [0.5, 0.6) is 0 Å². The fourth-order valence-electron chi connectivity index (χ4n) is 3.18. The number of hydrogen-bond acceptors (Lipinski definition) is 2. The predicted octanol–water partition coefficient (Wildman–Crippen LogP) is 1.99. The molecule has 0 spiro atoms. The van der Waals surface area contributed by atoms with E-state index in [1.54, 1.807) is 0 Å². The summed E-state index contributed by atoms with van der Waals surface area (Å²) in [5.74, 6) is 0.583. The van der Waals surface area contributed by atoms with Crippen LogP contribution in [0.25, 0.3) is 0 Å². The predicted molar refractivity (Wildman–Crippen MR) is 103 cm³/mol. The summed E-state index contributed by atoms with van der Waals surface area (Å²) in [6.45, 7) is 3.54. The molecule has 2 aliphatic rings. The molecule has 0 bridgehead atoms. The summed E-state index contributed by atoms with van der Waals surface area (Å²) in [4.78, 5) is 20.6. The molecule has 3 rings (SSSR count). The van der Waals surface area contributed by atoms with Gasteiger partial charge in [-0.3, -0.25) is 4.79 Å². The van der Waals surface area contributed by atoms with E-state index < -0.39 is 0 Å². The number of nitrogens with two attached hydrogens (primary N) is 1. The SMILES string of the molecule is I.NC(=NCC(=O)N1CCc2ccccc2C1)N1CCCCC1. The first kappa shape index (κ1) is 18.0. The normalized spacial score (nSPS) is 18.2. The Kier molecular flexibility index (Phi) is 6.68. The van der Waals surface area contributed by atoms with Crippen LogP contribution in [-0.4, -0.2) is 47.8 Å². The number of guanidine groups is 1. The Bertz CT molecular complexity index is 569. The number of rotatable bonds is 2. The van der Waals surface area contributed by atoms with E-state index in [-0.39, 0.29) is 36.4 Å². The Balaban J connectivity index is 0.00000192. The fraction of sp³-hybridized carbons (Fsp3) is 0.529. The number of nitrogens with zero attached hydrogens (tertiary/aromatic N) is 3. The lowest BCUT2D eigenvalue weighted by atomic mass is 10.00. The van der Waals surface area contributed by atoms with Gasteiger partial charge in [-0.15, -0.1) is 24.0 Å². The molecule has 0 saturated carbocycles. The molecule has 1 saturated heterocycles. The largest absolute Gasteiger partial charge is 0.370 e. The third kappa shape index (κ3) is 4.59. The minimum Gasteiger partial charge on any atom is -0.370 e. The highest BCUT2D eigenvalue weighted by Crippen LogP contribution is 2.18. The van der Waals surface area contributed by atoms with Crippen molar-refractivity contribution in [2.45, 2.75) is 32.2 Å². The molecule has 0 unspecified atom stereocenters. The Morgan fingerprint density at radius 2 is 1.74 bits per heavy atom. The van der Waals surface area contributed by atoms with Crippen LogP contribution in [-0.2, 0) is 17.8 Å². The highest BCUT2D eigenvalue weighted by molar-refractivity contribution is 14.0. The van der Waals surface area contributed by atoms with Crippen molar-refractivity contribution in [3.8, 4) is 0 Å². The summed E-state index contributed by atoms with van der Waals surface area (Å²) in [5, 5.41) is 0. The van der Waals surface area contributed by atoms with Crippen molar-refractivity contribution >= 4 is 35.8 Å². The highest BCUT2D eigenvalue weighted by Gasteiger charge is 2.20. The van der Waals surface area contributed by atoms with Crippen LogP contribution in [0.2, 0.25) is 0 Å². The van der Waals surface area contributed by atoms with E-state index in [0.29, 0.717) is 12.5 Å². The van der Waals surface area contributed by atoms with Gasteiger partial charge in [0.25, 0.3) is 0 Å². The minimum atomic E-state index is 0. The Hall–Kier alpha value is -1.31. The average molecular weight is 428 g/mol. The second-order valence-corrected chi connectivity index (χ2v) is 6.06. The third-order valence-electron chi connectivity index (χ3n) is 4.54. The summed E-state index contributed by atoms with van der Waals surface area (Å²) in [6, 6.07) is 8.32. The number of aliphatic imine (C=N–C) groups is 1. The van der Waals surface area contributed by atoms with E-state index in [0.717, 1.165) is 38.9 Å². The lowest BCUT2D eigenvalue weighted by molar-refractivity contribution is -0.130. The second-order valence-electron chi connectivity index (χ2n) is 6.06. The lowest BCUT2D eigenvalue weighted by Crippen LogP contribution is -2.42. The van der Waals surface area contributed by atoms with Gasteiger partial charge in [0.15, 0.2) is 5.96 Å². The van der Waals surface area contributed by atoms with Gasteiger partial charge in [0, 0.05) is 26.2 Å². The fourth-order valence-corrected chi connectivity index (χ4v) is 3.18. The van der Waals surface area contributed by atoms with Crippen LogP contribution in [0.4, 0.5) is 0 Å². The Morgan fingerprint density at radius 1 is 1.04 bits per heavy atom. The van der Waals surface area contributed by atoms with E-state index in [1.165, 1.54) is 17.5 Å². The number of likely N-dealkylation sites (tertiary alicyclic amines) is 1. The number of carbonyl (C=O) groups excluding carboxylic acids is 1. The molecule has 0 aliphatic carbocycles. The van der Waals surface area contributed by atoms with Gasteiger partial charge in [0.05, 0.1) is 0 Å². The van der Waals surface area contributed by atoms with Crippen LogP contribution < -0.4 is 5.73 Å². The van der Waals surface area contributed by atoms with Crippen LogP contribution >= 0.6 is 24.0 Å². The zero-order valence-electron chi connectivity index (χ0n) is 13.4. The maximum Gasteiger partial charge on any atom is 0.244 e. The van der Waals surface area contributed by atoms with Crippen LogP contribution in [0.3, 0.4) is 0 Å². The summed E-state index contributed by atoms with van der Waals surface area (Å²) in [7, 11) is 0. The standard InChI is InChI=1S/C17H24N4O.HI/c18-17(20-9-4-1-5-10-20)19-12-16(22)21-11-8-14-6-2-3-7-15(14)13-21;/h2-3,6-7H,1,4-5,8-13H2,(H2,18,19);1H. The van der Waals surface area contributed by atoms with E-state index in [2.05, 4.69) is 28.1 Å². The van der Waals surface area contributed by atoms with Gasteiger partial charge in [-0.25, -0.2) is 4.99 Å². The molecule has 2 N–H and O–H groups in total. The van der Waals surface area contributed by atoms with Gasteiger partial charge in [-0.2, -0.15) is 0 Å². The van der Waals surface area contributed by atoms with E-state index in [9.17, 15) is 4.79 Å². The third-order valence-corrected chi connectivity index (χ3v) is 4.54. The number of fused-ring (bicyclic) bond motifs is 1. The summed E-state index contributed by atoms with van der Waals surface area (Å²) in [6.07, 6.45) is 4.50. The smallest absolute Gasteiger partial charge is 0.244 e. The zero-order valence-corrected chi connectivity index (χ0v) is 15.7. The van der Waals surface area contributed by atoms with Gasteiger partial charge < -0.3 is 15.5 Å². The van der Waals surface area contributed by atoms with Crippen molar-refractivity contribution in [3.63, 3.8) is 0 Å². The molecule has 2 heterocycles. The number of piperidine rings is 1. The molecule has 126 valence electrons. The maximum atomic E-state index is 12.3. The monoisotopic (exact) mass is 428 g/mol. The molecule has 23 heavy (non-hydrogen) atoms. The van der Waals surface area contributed by atoms with E-state index in [4.69, 9.17) is 5.73 Å². The van der Waals surface area contributed by atoms with Crippen molar-refractivity contribution in [2.24, 2.45) is 10.7 Å². The molecular weight excluding hydrogens is 403 g/mol. The van der Waals surface area contributed by atoms with Crippen molar-refractivity contribution in [1.29, 1.82) is 0 Å². The van der Waals surface area contributed by atoms with Crippen LogP contribution in [0, 0.1) is 0 Å². The number of amides is 1. The first-order chi connectivity index (χ1) is 10.7. The molecule has 5 nitrogen and oxygen atoms in total. The molecule has 2 aliphatic heterocycles. The van der Waals surface area contributed by atoms with Crippen LogP contribution in [0.1, 0.15) is 30.4 Å². The first-order valence-corrected chi connectivity index (χ1v) is 8.13. The first-order valence-electron chi connectivity index (χ1n) is 8.13. The topological polar surface area (TPSA) is 61.9 Å². The number of hydrogen-bond donors (Lipinski definition) is 1. The quantitative estimate of drug-likeness (QED) is 0.445. The second kappa shape index (κ2) is 8.52. The molecular formula is C17H25IN4O. The molecule has 1 aromatic carbocycles. The van der Waals surface area contributed by atoms with Crippen molar-refractivity contribution < 1.29 is 4.79 Å². The van der Waals surface area contributed by atoms with Gasteiger partial charge >= 0.3 is 0 Å². The number of carbonyl (C=O) groups is 1. The molecule has 0 radical (unpaired) electrons. The number of benzene rings is 1. The van der Waals surface area contributed by atoms with Gasteiger partial charge in [-0.1, -0.05) is 24.3 Å². The van der Waals surface area contributed by atoms with Crippen molar-refractivity contribution in [2.75, 3.05) is 26.2 Å². The van der Waals surface area contributed by atoms with Gasteiger partial charge in [0.2, 0.25) is 5.91 Å². The van der Waals surface area contributed by atoms with Gasteiger partial charge in [0.1, 0.15) is 6.54 Å². The minimum absolute atomic E-state index is 0. The Labute approximate surface area is 154 Å². The molecule has 1 aromatic rings. The van der Waals surface area contributed by atoms with Gasteiger partial charge in [-0.05, 0) is 36.8 Å². The van der Waals surface area contributed by atoms with Crippen LogP contribution in [0.15, 0.2) is 29.3 Å². The molecule has 1 fully saturated rings. The van der Waals surface area contributed by atoms with Crippen molar-refractivity contribution in [3.05, 3.63) is 35.4 Å². The van der Waals surface area contributed by atoms with Crippen molar-refractivity contribution in [1.82, 2.24) is 9.80 Å². The number of halogens is 1. The summed E-state index contributed by atoms with van der Waals surface area (Å²) < 4.78 is 0.